The topological polar surface area (TPSA) is 61.9 Å². The number of halogens is 3. The maximum absolute atomic E-state index is 13.3. The van der Waals surface area contributed by atoms with Crippen LogP contribution in [0.2, 0.25) is 0 Å². The Morgan fingerprint density at radius 3 is 2.49 bits per heavy atom. The summed E-state index contributed by atoms with van der Waals surface area (Å²) < 4.78 is 46.1. The summed E-state index contributed by atoms with van der Waals surface area (Å²) in [6.07, 6.45) is -1.50. The molecule has 2 aliphatic heterocycles. The summed E-state index contributed by atoms with van der Waals surface area (Å²) in [6.45, 7) is 8.25. The molecule has 6 nitrogen and oxygen atoms in total. The van der Waals surface area contributed by atoms with Crippen LogP contribution >= 0.6 is 0 Å². The lowest BCUT2D eigenvalue weighted by atomic mass is 9.83. The molecule has 2 aromatic carbocycles. The van der Waals surface area contributed by atoms with Crippen LogP contribution in [0.15, 0.2) is 42.5 Å². The Labute approximate surface area is 215 Å². The zero-order valence-corrected chi connectivity index (χ0v) is 21.7. The third-order valence-corrected chi connectivity index (χ3v) is 7.30. The summed E-state index contributed by atoms with van der Waals surface area (Å²) in [4.78, 5) is 29.1. The zero-order valence-electron chi connectivity index (χ0n) is 21.7. The van der Waals surface area contributed by atoms with Crippen LogP contribution in [0, 0.1) is 0 Å². The van der Waals surface area contributed by atoms with Crippen molar-refractivity contribution in [3.8, 4) is 5.75 Å². The van der Waals surface area contributed by atoms with E-state index in [1.165, 1.54) is 12.1 Å². The monoisotopic (exact) mass is 515 g/mol. The van der Waals surface area contributed by atoms with Crippen LogP contribution in [0.4, 0.5) is 29.3 Å². The first-order chi connectivity index (χ1) is 17.4. The van der Waals surface area contributed by atoms with Gasteiger partial charge in [0.25, 0.3) is 0 Å². The Hall–Kier alpha value is -3.49. The number of amides is 3. The summed E-state index contributed by atoms with van der Waals surface area (Å²) in [6, 6.07) is 8.77. The summed E-state index contributed by atoms with van der Waals surface area (Å²) in [5.74, 6) is -0.273. The third-order valence-electron chi connectivity index (χ3n) is 7.30. The van der Waals surface area contributed by atoms with Gasteiger partial charge in [-0.05, 0) is 62.1 Å². The Morgan fingerprint density at radius 2 is 1.86 bits per heavy atom. The third kappa shape index (κ3) is 5.17. The van der Waals surface area contributed by atoms with Crippen molar-refractivity contribution >= 4 is 28.9 Å². The summed E-state index contributed by atoms with van der Waals surface area (Å²) in [5, 5.41) is 2.85. The lowest BCUT2D eigenvalue weighted by Gasteiger charge is -2.39. The van der Waals surface area contributed by atoms with E-state index in [-0.39, 0.29) is 17.8 Å². The molecule has 0 aromatic heterocycles. The molecular weight excluding hydrogens is 483 g/mol. The molecule has 37 heavy (non-hydrogen) atoms. The number of carbonyl (C=O) groups is 2. The number of nitrogens with one attached hydrogen (secondary N) is 1. The molecule has 0 spiro atoms. The summed E-state index contributed by atoms with van der Waals surface area (Å²) in [5.41, 5.74) is 1.83. The van der Waals surface area contributed by atoms with E-state index in [0.29, 0.717) is 42.6 Å². The Morgan fingerprint density at radius 1 is 1.16 bits per heavy atom. The van der Waals surface area contributed by atoms with Crippen LogP contribution in [0.1, 0.15) is 63.6 Å². The number of carbonyl (C=O) groups excluding carboxylic acids is 2. The van der Waals surface area contributed by atoms with E-state index in [1.807, 2.05) is 33.8 Å². The van der Waals surface area contributed by atoms with E-state index in [9.17, 15) is 22.8 Å². The van der Waals surface area contributed by atoms with Crippen molar-refractivity contribution in [2.75, 3.05) is 17.3 Å². The minimum atomic E-state index is -4.49. The Balaban J connectivity index is 1.63. The SMILES string of the molecule is CCC1(CC)C/C(=C\C(=O)Nc2ccc3c(c2)N(C)C(=O)N(C(C)C)C3)c2ccc(C(F)(F)F)cc2O1. The normalized spacial score (nSPS) is 18.0. The van der Waals surface area contributed by atoms with E-state index >= 15 is 0 Å². The standard InChI is InChI=1S/C28H32F3N3O3/c1-6-27(7-2)15-19(22-11-9-20(28(29,30)31)13-24(22)37-27)12-25(35)32-21-10-8-18-16-34(17(3)4)26(36)33(5)23(18)14-21/h8-14,17H,6-7,15-16H2,1-5H3,(H,32,35)/b19-12+. The number of rotatable bonds is 5. The van der Waals surface area contributed by atoms with E-state index in [1.54, 1.807) is 29.0 Å². The van der Waals surface area contributed by atoms with Gasteiger partial charge in [-0.25, -0.2) is 4.79 Å². The number of urea groups is 1. The van der Waals surface area contributed by atoms with Gasteiger partial charge in [-0.2, -0.15) is 13.2 Å². The van der Waals surface area contributed by atoms with Crippen molar-refractivity contribution < 1.29 is 27.5 Å². The molecule has 0 atom stereocenters. The van der Waals surface area contributed by atoms with Crippen molar-refractivity contribution in [2.45, 2.75) is 71.3 Å². The lowest BCUT2D eigenvalue weighted by molar-refractivity contribution is -0.137. The molecule has 2 heterocycles. The molecule has 0 fully saturated rings. The molecule has 198 valence electrons. The highest BCUT2D eigenvalue weighted by Crippen LogP contribution is 2.45. The van der Waals surface area contributed by atoms with Crippen molar-refractivity contribution in [2.24, 2.45) is 0 Å². The molecule has 0 saturated heterocycles. The van der Waals surface area contributed by atoms with Gasteiger partial charge in [0.05, 0.1) is 11.3 Å². The van der Waals surface area contributed by atoms with Gasteiger partial charge < -0.3 is 15.0 Å². The van der Waals surface area contributed by atoms with Gasteiger partial charge in [0.15, 0.2) is 0 Å². The van der Waals surface area contributed by atoms with Gasteiger partial charge in [0.2, 0.25) is 5.91 Å². The molecule has 4 rings (SSSR count). The smallest absolute Gasteiger partial charge is 0.416 e. The molecule has 1 N–H and O–H groups in total. The second-order valence-corrected chi connectivity index (χ2v) is 9.94. The average molecular weight is 516 g/mol. The first-order valence-corrected chi connectivity index (χ1v) is 12.5. The van der Waals surface area contributed by atoms with E-state index in [2.05, 4.69) is 5.32 Å². The van der Waals surface area contributed by atoms with Crippen LogP contribution < -0.4 is 15.0 Å². The maximum Gasteiger partial charge on any atom is 0.416 e. The highest BCUT2D eigenvalue weighted by Gasteiger charge is 2.38. The van der Waals surface area contributed by atoms with Crippen LogP contribution in [-0.4, -0.2) is 35.5 Å². The summed E-state index contributed by atoms with van der Waals surface area (Å²) >= 11 is 0. The molecular formula is C28H32F3N3O3. The lowest BCUT2D eigenvalue weighted by Crippen LogP contribution is -2.48. The number of alkyl halides is 3. The predicted molar refractivity (Wildman–Crippen MR) is 138 cm³/mol. The number of hydrogen-bond donors (Lipinski definition) is 1. The second-order valence-electron chi connectivity index (χ2n) is 9.94. The van der Waals surface area contributed by atoms with Gasteiger partial charge in [-0.1, -0.05) is 26.0 Å². The van der Waals surface area contributed by atoms with Gasteiger partial charge in [0.1, 0.15) is 11.4 Å². The molecule has 0 saturated carbocycles. The van der Waals surface area contributed by atoms with Crippen LogP contribution in [0.5, 0.6) is 5.75 Å². The zero-order chi connectivity index (χ0) is 27.1. The maximum atomic E-state index is 13.3. The van der Waals surface area contributed by atoms with Gasteiger partial charge in [0, 0.05) is 43.4 Å². The Bertz CT molecular complexity index is 1250. The van der Waals surface area contributed by atoms with Gasteiger partial charge >= 0.3 is 12.2 Å². The fraction of sp³-hybridized carbons (Fsp3) is 0.429. The van der Waals surface area contributed by atoms with Crippen LogP contribution in [0.3, 0.4) is 0 Å². The highest BCUT2D eigenvalue weighted by atomic mass is 19.4. The van der Waals surface area contributed by atoms with Crippen molar-refractivity contribution in [3.05, 3.63) is 59.2 Å². The fourth-order valence-corrected chi connectivity index (χ4v) is 4.91. The average Bonchev–Trinajstić information content (AvgIpc) is 2.85. The molecule has 3 amide bonds. The first kappa shape index (κ1) is 26.6. The van der Waals surface area contributed by atoms with E-state index < -0.39 is 23.2 Å². The molecule has 2 aromatic rings. The molecule has 9 heteroatoms. The van der Waals surface area contributed by atoms with Gasteiger partial charge in [-0.15, -0.1) is 0 Å². The first-order valence-electron chi connectivity index (χ1n) is 12.5. The largest absolute Gasteiger partial charge is 0.486 e. The van der Waals surface area contributed by atoms with Crippen LogP contribution in [0.25, 0.3) is 5.57 Å². The Kier molecular flexibility index (Phi) is 7.01. The molecule has 0 aliphatic carbocycles. The molecule has 2 aliphatic rings. The highest BCUT2D eigenvalue weighted by molar-refractivity contribution is 6.05. The van der Waals surface area contributed by atoms with E-state index in [0.717, 1.165) is 23.4 Å². The van der Waals surface area contributed by atoms with Crippen molar-refractivity contribution in [1.29, 1.82) is 0 Å². The molecule has 0 unspecified atom stereocenters. The van der Waals surface area contributed by atoms with Crippen LogP contribution in [-0.2, 0) is 17.5 Å². The number of benzene rings is 2. The number of fused-ring (bicyclic) bond motifs is 2. The van der Waals surface area contributed by atoms with Crippen molar-refractivity contribution in [1.82, 2.24) is 4.90 Å². The number of ether oxygens (including phenoxy) is 1. The number of nitrogens with zero attached hydrogens (tertiary/aromatic N) is 2. The minimum absolute atomic E-state index is 0.0574. The molecule has 0 radical (unpaired) electrons. The molecule has 0 bridgehead atoms. The predicted octanol–water partition coefficient (Wildman–Crippen LogP) is 6.85. The second kappa shape index (κ2) is 9.76. The number of anilines is 2. The summed E-state index contributed by atoms with van der Waals surface area (Å²) in [7, 11) is 1.70. The number of hydrogen-bond acceptors (Lipinski definition) is 3. The quantitative estimate of drug-likeness (QED) is 0.443. The van der Waals surface area contributed by atoms with Gasteiger partial charge in [-0.3, -0.25) is 9.69 Å². The van der Waals surface area contributed by atoms with E-state index in [4.69, 9.17) is 4.74 Å². The van der Waals surface area contributed by atoms with Crippen molar-refractivity contribution in [3.63, 3.8) is 0 Å². The fourth-order valence-electron chi connectivity index (χ4n) is 4.91. The minimum Gasteiger partial charge on any atom is -0.486 e.